The Hall–Kier alpha value is -5.11. The second-order valence-corrected chi connectivity index (χ2v) is 21.3. The summed E-state index contributed by atoms with van der Waals surface area (Å²) in [6.07, 6.45) is 4.94. The smallest absolute Gasteiger partial charge is 0.0798 e. The van der Waals surface area contributed by atoms with E-state index in [0.29, 0.717) is 16.8 Å². The zero-order valence-corrected chi connectivity index (χ0v) is 36.2. The number of nitrogens with zero attached hydrogens (tertiary/aromatic N) is 4. The monoisotopic (exact) mass is 945 g/mol. The third-order valence-electron chi connectivity index (χ3n) is 9.68. The van der Waals surface area contributed by atoms with Gasteiger partial charge in [-0.15, -0.1) is 48.0 Å². The first kappa shape index (κ1) is 39.1. The van der Waals surface area contributed by atoms with Crippen molar-refractivity contribution in [2.24, 2.45) is 5.92 Å². The minimum Gasteiger partial charge on any atom is -0.333 e. The fraction of sp³-hybridized carbons (Fsp3) is 0.146. The molecule has 0 N–H and O–H groups in total. The van der Waals surface area contributed by atoms with Crippen LogP contribution in [-0.4, -0.2) is 27.6 Å². The molecule has 1 radical (unpaired) electrons. The van der Waals surface area contributed by atoms with E-state index in [1.54, 1.807) is 6.20 Å². The van der Waals surface area contributed by atoms with Crippen molar-refractivity contribution in [3.05, 3.63) is 163 Å². The number of benzene rings is 5. The summed E-state index contributed by atoms with van der Waals surface area (Å²) in [6.45, 7) is 11.7. The van der Waals surface area contributed by atoms with Gasteiger partial charge in [-0.1, -0.05) is 111 Å². The van der Waals surface area contributed by atoms with Gasteiger partial charge in [0.25, 0.3) is 0 Å². The fourth-order valence-corrected chi connectivity index (χ4v) is 9.97. The first-order valence-corrected chi connectivity index (χ1v) is 23.0. The van der Waals surface area contributed by atoms with E-state index in [4.69, 9.17) is 4.98 Å². The van der Waals surface area contributed by atoms with Crippen LogP contribution >= 0.6 is 11.3 Å². The Bertz CT molecular complexity index is 2770. The van der Waals surface area contributed by atoms with E-state index in [1.807, 2.05) is 78.9 Å². The van der Waals surface area contributed by atoms with Gasteiger partial charge < -0.3 is 9.55 Å². The number of thiophene rings is 1. The van der Waals surface area contributed by atoms with Crippen LogP contribution in [0.4, 0.5) is 4.39 Å². The summed E-state index contributed by atoms with van der Waals surface area (Å²) >= 11 is 1.52. The molecule has 0 bridgehead atoms. The molecule has 0 amide bonds. The third kappa shape index (κ3) is 7.80. The van der Waals surface area contributed by atoms with E-state index in [-0.39, 0.29) is 25.9 Å². The average molecular weight is 945 g/mol. The number of halogens is 1. The van der Waals surface area contributed by atoms with Gasteiger partial charge in [0.05, 0.1) is 30.4 Å². The predicted molar refractivity (Wildman–Crippen MR) is 231 cm³/mol. The van der Waals surface area contributed by atoms with Crippen LogP contribution in [0.3, 0.4) is 0 Å². The summed E-state index contributed by atoms with van der Waals surface area (Å²) in [6, 6.07) is 48.8. The summed E-state index contributed by atoms with van der Waals surface area (Å²) in [5, 5.41) is 2.01. The zero-order valence-electron chi connectivity index (χ0n) is 32.0. The normalized spacial score (nSPS) is 11.5. The van der Waals surface area contributed by atoms with Crippen molar-refractivity contribution in [3.63, 3.8) is 0 Å². The molecule has 4 aromatic heterocycles. The quantitative estimate of drug-likeness (QED) is 0.118. The number of rotatable bonds is 7. The Labute approximate surface area is 346 Å². The Morgan fingerprint density at radius 2 is 1.57 bits per heavy atom. The molecule has 0 aliphatic rings. The van der Waals surface area contributed by atoms with Crippen LogP contribution in [0.25, 0.3) is 70.8 Å². The molecule has 9 aromatic rings. The number of imidazole rings is 1. The predicted octanol–water partition coefficient (Wildman–Crippen LogP) is 12.4. The molecule has 0 saturated carbocycles. The van der Waals surface area contributed by atoms with Crippen LogP contribution in [0.15, 0.2) is 140 Å². The number of para-hydroxylation sites is 3. The molecule has 0 saturated heterocycles. The fourth-order valence-electron chi connectivity index (χ4n) is 7.22. The second kappa shape index (κ2) is 16.5. The summed E-state index contributed by atoms with van der Waals surface area (Å²) in [7, 11) is -1.34. The molecule has 9 rings (SSSR count). The van der Waals surface area contributed by atoms with Gasteiger partial charge in [-0.2, -0.15) is 11.3 Å². The molecule has 0 aliphatic heterocycles. The van der Waals surface area contributed by atoms with Crippen LogP contribution in [-0.2, 0) is 26.5 Å². The van der Waals surface area contributed by atoms with Crippen LogP contribution in [0, 0.1) is 23.9 Å². The van der Waals surface area contributed by atoms with Gasteiger partial charge in [0, 0.05) is 54.3 Å². The topological polar surface area (TPSA) is 43.6 Å². The number of fused-ring (bicyclic) bond motifs is 4. The minimum atomic E-state index is -1.34. The van der Waals surface area contributed by atoms with E-state index < -0.39 is 8.07 Å². The summed E-state index contributed by atoms with van der Waals surface area (Å²) in [4.78, 5) is 14.2. The van der Waals surface area contributed by atoms with Gasteiger partial charge in [-0.05, 0) is 69.2 Å². The Morgan fingerprint density at radius 1 is 0.821 bits per heavy atom. The van der Waals surface area contributed by atoms with E-state index in [1.165, 1.54) is 28.2 Å². The van der Waals surface area contributed by atoms with Gasteiger partial charge in [-0.3, -0.25) is 14.4 Å². The SMILES string of the molecule is CC(C)Cc1cc(-c2[c-]cccc2)ncc1[Si](C)(C)C.Fc1c[c-]c(-c2nc3ccccc3n2-c2ccccc2-c2ccccc2)c2sc3cccnc3c12.[Ir]. The van der Waals surface area contributed by atoms with Crippen LogP contribution in [0.2, 0.25) is 19.6 Å². The average Bonchev–Trinajstić information content (AvgIpc) is 3.78. The Balaban J connectivity index is 0.000000197. The van der Waals surface area contributed by atoms with Crippen LogP contribution in [0.5, 0.6) is 0 Å². The maximum absolute atomic E-state index is 15.1. The molecule has 0 atom stereocenters. The maximum atomic E-state index is 15.1. The molecule has 281 valence electrons. The summed E-state index contributed by atoms with van der Waals surface area (Å²) in [5.74, 6) is 1.08. The molecular weight excluding hydrogens is 904 g/mol. The number of hydrogen-bond donors (Lipinski definition) is 0. The van der Waals surface area contributed by atoms with Crippen molar-refractivity contribution in [1.82, 2.24) is 19.5 Å². The Kier molecular flexibility index (Phi) is 11.6. The standard InChI is InChI=1S/C30H17FN3S.C18H24NSi.Ir/c31-22-17-16-21(29-27(22)28-26(35-29)15-8-18-32-28)30-33-23-12-5-7-14-25(23)34(30)24-13-6-4-11-20(24)19-9-2-1-3-10-19;1-14(2)11-16-12-17(15-9-7-6-8-10-15)19-13-18(16)20(3,4)5;/h1-15,17-18H;6-9,12-14H,11H2,1-5H3;/q2*-1;. The molecule has 0 aliphatic carbocycles. The maximum Gasteiger partial charge on any atom is 0.0798 e. The van der Waals surface area contributed by atoms with Crippen molar-refractivity contribution in [2.75, 3.05) is 0 Å². The number of hydrogen-bond acceptors (Lipinski definition) is 4. The molecule has 4 heterocycles. The van der Waals surface area contributed by atoms with Gasteiger partial charge in [-0.25, -0.2) is 0 Å². The van der Waals surface area contributed by atoms with Gasteiger partial charge in [0.2, 0.25) is 0 Å². The minimum absolute atomic E-state index is 0. The molecule has 0 fully saturated rings. The van der Waals surface area contributed by atoms with Crippen molar-refractivity contribution in [3.8, 4) is 39.5 Å². The molecule has 4 nitrogen and oxygen atoms in total. The van der Waals surface area contributed by atoms with E-state index in [0.717, 1.165) is 66.3 Å². The van der Waals surface area contributed by atoms with E-state index in [9.17, 15) is 0 Å². The molecule has 0 spiro atoms. The largest absolute Gasteiger partial charge is 0.333 e. The van der Waals surface area contributed by atoms with Crippen LogP contribution < -0.4 is 5.19 Å². The molecule has 5 aromatic carbocycles. The molecule has 8 heteroatoms. The first-order valence-electron chi connectivity index (χ1n) is 18.6. The van der Waals surface area contributed by atoms with Crippen molar-refractivity contribution >= 4 is 55.9 Å². The van der Waals surface area contributed by atoms with Gasteiger partial charge in [0.1, 0.15) is 0 Å². The first-order chi connectivity index (χ1) is 26.7. The zero-order chi connectivity index (χ0) is 38.1. The van der Waals surface area contributed by atoms with E-state index in [2.05, 4.69) is 109 Å². The van der Waals surface area contributed by atoms with Gasteiger partial charge >= 0.3 is 0 Å². The summed E-state index contributed by atoms with van der Waals surface area (Å²) in [5.41, 5.74) is 10.1. The second-order valence-electron chi connectivity index (χ2n) is 15.2. The van der Waals surface area contributed by atoms with Crippen molar-refractivity contribution < 1.29 is 24.5 Å². The molecular formula is C48H41FIrN4SSi-2. The van der Waals surface area contributed by atoms with Crippen LogP contribution in [0.1, 0.15) is 19.4 Å². The molecule has 0 unspecified atom stereocenters. The third-order valence-corrected chi connectivity index (χ3v) is 12.9. The van der Waals surface area contributed by atoms with Crippen molar-refractivity contribution in [1.29, 1.82) is 0 Å². The van der Waals surface area contributed by atoms with Crippen molar-refractivity contribution in [2.45, 2.75) is 39.9 Å². The van der Waals surface area contributed by atoms with E-state index >= 15 is 4.39 Å². The van der Waals surface area contributed by atoms with Gasteiger partial charge in [0.15, 0.2) is 0 Å². The molecule has 56 heavy (non-hydrogen) atoms. The number of aromatic nitrogens is 4. The Morgan fingerprint density at radius 3 is 2.34 bits per heavy atom. The summed E-state index contributed by atoms with van der Waals surface area (Å²) < 4.78 is 19.0. The number of pyridine rings is 2.